The summed E-state index contributed by atoms with van der Waals surface area (Å²) in [5.74, 6) is 0. The Morgan fingerprint density at radius 1 is 1.20 bits per heavy atom. The summed E-state index contributed by atoms with van der Waals surface area (Å²) in [6, 6.07) is 12.5. The van der Waals surface area contributed by atoms with E-state index in [2.05, 4.69) is 20.9 Å². The number of H-pyrrole nitrogens is 1. The van der Waals surface area contributed by atoms with Gasteiger partial charge < -0.3 is 4.98 Å². The van der Waals surface area contributed by atoms with Crippen LogP contribution in [0.1, 0.15) is 0 Å². The number of para-hydroxylation sites is 1. The second-order valence-electron chi connectivity index (χ2n) is 4.21. The fourth-order valence-corrected chi connectivity index (χ4v) is 2.88. The first-order valence-electron chi connectivity index (χ1n) is 5.77. The molecule has 3 rings (SSSR count). The van der Waals surface area contributed by atoms with E-state index in [4.69, 9.17) is 23.8 Å². The van der Waals surface area contributed by atoms with Gasteiger partial charge >= 0.3 is 0 Å². The summed E-state index contributed by atoms with van der Waals surface area (Å²) in [7, 11) is 0. The molecule has 20 heavy (non-hydrogen) atoms. The van der Waals surface area contributed by atoms with Gasteiger partial charge in [-0.2, -0.15) is 0 Å². The number of rotatable bonds is 1. The molecule has 1 N–H and O–H groups in total. The van der Waals surface area contributed by atoms with E-state index in [1.807, 2.05) is 24.3 Å². The summed E-state index contributed by atoms with van der Waals surface area (Å²) in [5, 5.41) is 1.03. The average Bonchev–Trinajstić information content (AvgIpc) is 2.42. The summed E-state index contributed by atoms with van der Waals surface area (Å²) >= 11 is 14.8. The van der Waals surface area contributed by atoms with E-state index < -0.39 is 0 Å². The first kappa shape index (κ1) is 13.5. The van der Waals surface area contributed by atoms with Crippen LogP contribution in [0, 0.1) is 4.77 Å². The van der Waals surface area contributed by atoms with Crippen LogP contribution >= 0.6 is 39.7 Å². The standard InChI is InChI=1S/C14H8BrClN2OS/c15-8-5-6-10(16)12(7-8)18-13(19)9-3-1-2-4-11(9)17-14(18)20/h1-7H,(H,17,20). The van der Waals surface area contributed by atoms with Gasteiger partial charge in [0, 0.05) is 4.47 Å². The lowest BCUT2D eigenvalue weighted by Gasteiger charge is -2.10. The molecule has 3 nitrogen and oxygen atoms in total. The fourth-order valence-electron chi connectivity index (χ4n) is 2.04. The first-order valence-corrected chi connectivity index (χ1v) is 7.35. The van der Waals surface area contributed by atoms with Crippen LogP contribution in [-0.4, -0.2) is 9.55 Å². The molecule has 0 spiro atoms. The SMILES string of the molecule is O=c1c2ccccc2[nH]c(=S)n1-c1cc(Br)ccc1Cl. The van der Waals surface area contributed by atoms with Crippen LogP contribution < -0.4 is 5.56 Å². The number of nitrogens with zero attached hydrogens (tertiary/aromatic N) is 1. The van der Waals surface area contributed by atoms with Crippen molar-refractivity contribution in [2.75, 3.05) is 0 Å². The smallest absolute Gasteiger partial charge is 0.266 e. The maximum atomic E-state index is 12.6. The molecule has 0 saturated heterocycles. The molecule has 2 aromatic carbocycles. The van der Waals surface area contributed by atoms with Crippen LogP contribution in [0.2, 0.25) is 5.02 Å². The third-order valence-electron chi connectivity index (χ3n) is 2.95. The Balaban J connectivity index is 2.46. The minimum atomic E-state index is -0.190. The van der Waals surface area contributed by atoms with Crippen molar-refractivity contribution in [1.82, 2.24) is 9.55 Å². The highest BCUT2D eigenvalue weighted by Crippen LogP contribution is 2.24. The van der Waals surface area contributed by atoms with Crippen molar-refractivity contribution in [3.63, 3.8) is 0 Å². The van der Waals surface area contributed by atoms with E-state index in [9.17, 15) is 4.79 Å². The molecule has 0 atom stereocenters. The number of hydrogen-bond donors (Lipinski definition) is 1. The van der Waals surface area contributed by atoms with Gasteiger partial charge in [-0.15, -0.1) is 0 Å². The zero-order valence-corrected chi connectivity index (χ0v) is 13.2. The third-order valence-corrected chi connectivity index (χ3v) is 4.05. The van der Waals surface area contributed by atoms with Gasteiger partial charge in [-0.25, -0.2) is 0 Å². The van der Waals surface area contributed by atoms with Crippen LogP contribution in [0.4, 0.5) is 0 Å². The van der Waals surface area contributed by atoms with Crippen molar-refractivity contribution < 1.29 is 0 Å². The average molecular weight is 368 g/mol. The molecule has 0 bridgehead atoms. The van der Waals surface area contributed by atoms with Crippen molar-refractivity contribution in [2.24, 2.45) is 0 Å². The Bertz CT molecular complexity index is 932. The quantitative estimate of drug-likeness (QED) is 0.645. The van der Waals surface area contributed by atoms with Gasteiger partial charge in [-0.1, -0.05) is 39.7 Å². The number of hydrogen-bond acceptors (Lipinski definition) is 2. The topological polar surface area (TPSA) is 37.8 Å². The first-order chi connectivity index (χ1) is 9.58. The Hall–Kier alpha value is -1.43. The van der Waals surface area contributed by atoms with Crippen molar-refractivity contribution in [3.05, 3.63) is 67.1 Å². The van der Waals surface area contributed by atoms with E-state index in [1.165, 1.54) is 4.57 Å². The molecule has 0 saturated carbocycles. The van der Waals surface area contributed by atoms with Crippen LogP contribution in [0.15, 0.2) is 51.7 Å². The molecule has 0 amide bonds. The summed E-state index contributed by atoms with van der Waals surface area (Å²) in [6.45, 7) is 0. The minimum Gasteiger partial charge on any atom is -0.331 e. The highest BCUT2D eigenvalue weighted by Gasteiger charge is 2.10. The maximum absolute atomic E-state index is 12.6. The molecule has 0 radical (unpaired) electrons. The Kier molecular flexibility index (Phi) is 3.50. The van der Waals surface area contributed by atoms with Crippen molar-refractivity contribution in [1.29, 1.82) is 0 Å². The van der Waals surface area contributed by atoms with Crippen LogP contribution in [0.25, 0.3) is 16.6 Å². The van der Waals surface area contributed by atoms with E-state index >= 15 is 0 Å². The predicted molar refractivity (Wildman–Crippen MR) is 87.4 cm³/mol. The normalized spacial score (nSPS) is 10.9. The van der Waals surface area contributed by atoms with Crippen molar-refractivity contribution in [3.8, 4) is 5.69 Å². The molecular formula is C14H8BrClN2OS. The zero-order chi connectivity index (χ0) is 14.3. The molecule has 1 heterocycles. The Morgan fingerprint density at radius 3 is 2.75 bits per heavy atom. The molecule has 0 aliphatic carbocycles. The van der Waals surface area contributed by atoms with Gasteiger partial charge in [0.05, 0.1) is 21.6 Å². The molecular weight excluding hydrogens is 360 g/mol. The second-order valence-corrected chi connectivity index (χ2v) is 5.92. The third kappa shape index (κ3) is 2.22. The zero-order valence-electron chi connectivity index (χ0n) is 10.1. The second kappa shape index (κ2) is 5.16. The van der Waals surface area contributed by atoms with Crippen molar-refractivity contribution in [2.45, 2.75) is 0 Å². The molecule has 0 unspecified atom stereocenters. The lowest BCUT2D eigenvalue weighted by atomic mass is 10.2. The number of halogens is 2. The molecule has 3 aromatic rings. The van der Waals surface area contributed by atoms with Gasteiger partial charge in [0.25, 0.3) is 5.56 Å². The number of nitrogens with one attached hydrogen (secondary N) is 1. The van der Waals surface area contributed by atoms with Crippen LogP contribution in [0.5, 0.6) is 0 Å². The number of fused-ring (bicyclic) bond motifs is 1. The van der Waals surface area contributed by atoms with E-state index in [0.29, 0.717) is 26.4 Å². The van der Waals surface area contributed by atoms with Crippen molar-refractivity contribution >= 4 is 50.7 Å². The Labute approximate surface area is 133 Å². The summed E-state index contributed by atoms with van der Waals surface area (Å²) in [6.07, 6.45) is 0. The molecule has 0 fully saturated rings. The van der Waals surface area contributed by atoms with E-state index in [0.717, 1.165) is 4.47 Å². The van der Waals surface area contributed by atoms with E-state index in [-0.39, 0.29) is 5.56 Å². The molecule has 0 aliphatic heterocycles. The highest BCUT2D eigenvalue weighted by atomic mass is 79.9. The van der Waals surface area contributed by atoms with Gasteiger partial charge in [0.15, 0.2) is 4.77 Å². The van der Waals surface area contributed by atoms with Gasteiger partial charge in [-0.3, -0.25) is 9.36 Å². The Morgan fingerprint density at radius 2 is 1.95 bits per heavy atom. The monoisotopic (exact) mass is 366 g/mol. The maximum Gasteiger partial charge on any atom is 0.266 e. The molecule has 6 heteroatoms. The predicted octanol–water partition coefficient (Wildman–Crippen LogP) is 4.46. The van der Waals surface area contributed by atoms with Crippen LogP contribution in [-0.2, 0) is 0 Å². The number of aromatic nitrogens is 2. The lowest BCUT2D eigenvalue weighted by Crippen LogP contribution is -2.20. The number of benzene rings is 2. The van der Waals surface area contributed by atoms with Gasteiger partial charge in [0.1, 0.15) is 0 Å². The highest BCUT2D eigenvalue weighted by molar-refractivity contribution is 9.10. The number of aromatic amines is 1. The molecule has 100 valence electrons. The minimum absolute atomic E-state index is 0.190. The summed E-state index contributed by atoms with van der Waals surface area (Å²) in [5.41, 5.74) is 1.08. The van der Waals surface area contributed by atoms with Gasteiger partial charge in [-0.05, 0) is 42.5 Å². The van der Waals surface area contributed by atoms with Crippen LogP contribution in [0.3, 0.4) is 0 Å². The summed E-state index contributed by atoms with van der Waals surface area (Å²) < 4.78 is 2.55. The largest absolute Gasteiger partial charge is 0.331 e. The molecule has 0 aliphatic rings. The van der Waals surface area contributed by atoms with E-state index in [1.54, 1.807) is 18.2 Å². The fraction of sp³-hybridized carbons (Fsp3) is 0. The lowest BCUT2D eigenvalue weighted by molar-refractivity contribution is 0.939. The van der Waals surface area contributed by atoms with Gasteiger partial charge in [0.2, 0.25) is 0 Å². The summed E-state index contributed by atoms with van der Waals surface area (Å²) in [4.78, 5) is 15.7. The molecule has 1 aromatic heterocycles.